The van der Waals surface area contributed by atoms with Gasteiger partial charge in [-0.15, -0.1) is 0 Å². The van der Waals surface area contributed by atoms with Crippen LogP contribution in [0.1, 0.15) is 42.1 Å². The molecule has 0 amide bonds. The normalized spacial score (nSPS) is 14.7. The summed E-state index contributed by atoms with van der Waals surface area (Å²) >= 11 is 11.3. The summed E-state index contributed by atoms with van der Waals surface area (Å²) in [7, 11) is 0. The maximum absolute atomic E-state index is 13.9. The Hall–Kier alpha value is -4.06. The molecule has 1 atom stereocenters. The molecule has 5 rings (SSSR count). The molecule has 43 heavy (non-hydrogen) atoms. The van der Waals surface area contributed by atoms with Crippen molar-refractivity contribution in [1.82, 2.24) is 4.57 Å². The highest BCUT2D eigenvalue weighted by atomic mass is 79.9. The van der Waals surface area contributed by atoms with E-state index in [1.165, 1.54) is 23.5 Å². The number of thiazole rings is 1. The molecular weight excluding hydrogens is 658 g/mol. The van der Waals surface area contributed by atoms with E-state index in [2.05, 4.69) is 20.9 Å². The van der Waals surface area contributed by atoms with Gasteiger partial charge in [0.2, 0.25) is 0 Å². The molecular formula is C31H25BrClN3O6S. The third kappa shape index (κ3) is 6.34. The number of aromatic nitrogens is 1. The van der Waals surface area contributed by atoms with Crippen molar-refractivity contribution in [3.63, 3.8) is 0 Å². The molecule has 220 valence electrons. The van der Waals surface area contributed by atoms with Crippen molar-refractivity contribution in [3.8, 4) is 5.75 Å². The van der Waals surface area contributed by atoms with Gasteiger partial charge in [0.25, 0.3) is 11.2 Å². The van der Waals surface area contributed by atoms with E-state index >= 15 is 0 Å². The first-order valence-electron chi connectivity index (χ1n) is 13.2. The highest BCUT2D eigenvalue weighted by molar-refractivity contribution is 9.10. The second-order valence-corrected chi connectivity index (χ2v) is 12.0. The van der Waals surface area contributed by atoms with Crippen molar-refractivity contribution >= 4 is 56.6 Å². The largest absolute Gasteiger partial charge is 0.486 e. The van der Waals surface area contributed by atoms with Gasteiger partial charge >= 0.3 is 5.97 Å². The number of nitrogens with zero attached hydrogens (tertiary/aromatic N) is 3. The first kappa shape index (κ1) is 30.4. The predicted molar refractivity (Wildman–Crippen MR) is 168 cm³/mol. The Morgan fingerprint density at radius 2 is 1.86 bits per heavy atom. The van der Waals surface area contributed by atoms with Gasteiger partial charge in [-0.2, -0.15) is 0 Å². The number of rotatable bonds is 8. The van der Waals surface area contributed by atoms with Gasteiger partial charge in [0.15, 0.2) is 10.6 Å². The van der Waals surface area contributed by atoms with E-state index in [-0.39, 0.29) is 24.5 Å². The van der Waals surface area contributed by atoms with Crippen LogP contribution in [0.4, 0.5) is 5.69 Å². The molecule has 0 spiro atoms. The van der Waals surface area contributed by atoms with Crippen LogP contribution in [0, 0.1) is 17.0 Å². The van der Waals surface area contributed by atoms with Gasteiger partial charge in [-0.05, 0) is 83.7 Å². The lowest BCUT2D eigenvalue weighted by Crippen LogP contribution is -2.39. The second-order valence-electron chi connectivity index (χ2n) is 9.74. The Kier molecular flexibility index (Phi) is 8.95. The zero-order valence-electron chi connectivity index (χ0n) is 23.3. The predicted octanol–water partition coefficient (Wildman–Crippen LogP) is 6.01. The molecule has 9 nitrogen and oxygen atoms in total. The van der Waals surface area contributed by atoms with E-state index < -0.39 is 16.9 Å². The van der Waals surface area contributed by atoms with Crippen LogP contribution in [-0.2, 0) is 16.1 Å². The SMILES string of the molecule is CCOC(=O)C1=C(C)N=c2s/c(=C/c3cc(Cl)c(OCc4ccc([N+](=O)[O-])cc4)c(Br)c3)c(=O)n2[C@H]1c1ccc(C)cc1. The Labute approximate surface area is 263 Å². The second kappa shape index (κ2) is 12.7. The van der Waals surface area contributed by atoms with Crippen molar-refractivity contribution in [2.75, 3.05) is 6.61 Å². The van der Waals surface area contributed by atoms with Crippen LogP contribution >= 0.6 is 38.9 Å². The summed E-state index contributed by atoms with van der Waals surface area (Å²) in [6, 6.07) is 16.5. The number of non-ortho nitro benzene ring substituents is 1. The number of carbonyl (C=O) groups excluding carboxylic acids is 1. The molecule has 0 unspecified atom stereocenters. The third-order valence-electron chi connectivity index (χ3n) is 6.76. The fourth-order valence-electron chi connectivity index (χ4n) is 4.68. The van der Waals surface area contributed by atoms with E-state index in [1.54, 1.807) is 48.8 Å². The summed E-state index contributed by atoms with van der Waals surface area (Å²) in [5, 5.41) is 11.2. The Bertz CT molecular complexity index is 1930. The van der Waals surface area contributed by atoms with Gasteiger partial charge in [0.1, 0.15) is 6.61 Å². The van der Waals surface area contributed by atoms with Crippen LogP contribution in [0.3, 0.4) is 0 Å². The first-order valence-corrected chi connectivity index (χ1v) is 15.2. The maximum Gasteiger partial charge on any atom is 0.338 e. The van der Waals surface area contributed by atoms with Crippen LogP contribution in [-0.4, -0.2) is 22.1 Å². The fourth-order valence-corrected chi connectivity index (χ4v) is 6.71. The highest BCUT2D eigenvalue weighted by Crippen LogP contribution is 2.36. The van der Waals surface area contributed by atoms with Gasteiger partial charge in [-0.25, -0.2) is 9.79 Å². The standard InChI is InChI=1S/C31H25BrClN3O6S/c1-4-41-30(38)26-18(3)34-31-35(27(26)21-9-5-17(2)6-10-21)29(37)25(43-31)15-20-13-23(32)28(24(33)14-20)42-16-19-7-11-22(12-8-19)36(39)40/h5-15,27H,4,16H2,1-3H3/b25-15+/t27-/m0/s1. The molecule has 0 saturated carbocycles. The average Bonchev–Trinajstić information content (AvgIpc) is 3.26. The molecule has 0 radical (unpaired) electrons. The average molecular weight is 683 g/mol. The number of ether oxygens (including phenoxy) is 2. The van der Waals surface area contributed by atoms with Crippen LogP contribution in [0.15, 0.2) is 86.2 Å². The molecule has 1 aromatic heterocycles. The molecule has 2 heterocycles. The molecule has 3 aromatic carbocycles. The summed E-state index contributed by atoms with van der Waals surface area (Å²) in [5.41, 5.74) is 3.73. The van der Waals surface area contributed by atoms with Gasteiger partial charge in [0.05, 0.1) is 42.9 Å². The number of carbonyl (C=O) groups is 1. The number of halogens is 2. The van der Waals surface area contributed by atoms with E-state index in [0.717, 1.165) is 16.7 Å². The van der Waals surface area contributed by atoms with Gasteiger partial charge in [-0.3, -0.25) is 19.5 Å². The number of hydrogen-bond acceptors (Lipinski definition) is 8. The van der Waals surface area contributed by atoms with E-state index in [4.69, 9.17) is 21.1 Å². The number of nitro benzene ring substituents is 1. The molecule has 0 fully saturated rings. The van der Waals surface area contributed by atoms with Crippen LogP contribution in [0.5, 0.6) is 5.75 Å². The van der Waals surface area contributed by atoms with Gasteiger partial charge in [-0.1, -0.05) is 52.8 Å². The fraction of sp³-hybridized carbons (Fsp3) is 0.194. The lowest BCUT2D eigenvalue weighted by Gasteiger charge is -2.24. The molecule has 0 bridgehead atoms. The monoisotopic (exact) mass is 681 g/mol. The van der Waals surface area contributed by atoms with Crippen molar-refractivity contribution < 1.29 is 19.2 Å². The minimum absolute atomic E-state index is 0.00457. The molecule has 1 aliphatic heterocycles. The molecule has 12 heteroatoms. The zero-order valence-corrected chi connectivity index (χ0v) is 26.5. The number of allylic oxidation sites excluding steroid dienone is 1. The van der Waals surface area contributed by atoms with Crippen molar-refractivity contribution in [3.05, 3.63) is 133 Å². The molecule has 1 aliphatic rings. The van der Waals surface area contributed by atoms with Crippen LogP contribution in [0.25, 0.3) is 6.08 Å². The lowest BCUT2D eigenvalue weighted by molar-refractivity contribution is -0.384. The quantitative estimate of drug-likeness (QED) is 0.128. The summed E-state index contributed by atoms with van der Waals surface area (Å²) in [6.45, 7) is 5.80. The van der Waals surface area contributed by atoms with E-state index in [0.29, 0.717) is 41.4 Å². The summed E-state index contributed by atoms with van der Waals surface area (Å²) in [5.74, 6) is -0.115. The van der Waals surface area contributed by atoms with Crippen molar-refractivity contribution in [2.45, 2.75) is 33.4 Å². The van der Waals surface area contributed by atoms with Crippen molar-refractivity contribution in [1.29, 1.82) is 0 Å². The zero-order chi connectivity index (χ0) is 30.8. The van der Waals surface area contributed by atoms with Crippen molar-refractivity contribution in [2.24, 2.45) is 4.99 Å². The molecule has 4 aromatic rings. The maximum atomic E-state index is 13.9. The number of benzene rings is 3. The van der Waals surface area contributed by atoms with Gasteiger partial charge < -0.3 is 9.47 Å². The third-order valence-corrected chi connectivity index (χ3v) is 8.61. The van der Waals surface area contributed by atoms with E-state index in [9.17, 15) is 19.7 Å². The van der Waals surface area contributed by atoms with Crippen LogP contribution < -0.4 is 19.6 Å². The number of esters is 1. The minimum atomic E-state index is -0.691. The Morgan fingerprint density at radius 3 is 2.49 bits per heavy atom. The minimum Gasteiger partial charge on any atom is -0.486 e. The molecule has 0 N–H and O–H groups in total. The lowest BCUT2D eigenvalue weighted by atomic mass is 9.95. The smallest absolute Gasteiger partial charge is 0.338 e. The summed E-state index contributed by atoms with van der Waals surface area (Å²) in [6.07, 6.45) is 1.72. The molecule has 0 aliphatic carbocycles. The Morgan fingerprint density at radius 1 is 1.16 bits per heavy atom. The number of nitro groups is 1. The van der Waals surface area contributed by atoms with E-state index in [1.807, 2.05) is 31.2 Å². The summed E-state index contributed by atoms with van der Waals surface area (Å²) in [4.78, 5) is 42.4. The molecule has 0 saturated heterocycles. The van der Waals surface area contributed by atoms with Crippen LogP contribution in [0.2, 0.25) is 5.02 Å². The topological polar surface area (TPSA) is 113 Å². The number of aryl methyl sites for hydroxylation is 1. The Balaban J connectivity index is 1.51. The number of hydrogen-bond donors (Lipinski definition) is 0. The van der Waals surface area contributed by atoms with Gasteiger partial charge in [0, 0.05) is 12.1 Å². The number of fused-ring (bicyclic) bond motifs is 1. The summed E-state index contributed by atoms with van der Waals surface area (Å²) < 4.78 is 13.8. The highest BCUT2D eigenvalue weighted by Gasteiger charge is 2.33. The first-order chi connectivity index (χ1) is 20.6.